The summed E-state index contributed by atoms with van der Waals surface area (Å²) in [5.41, 5.74) is 2.66. The Morgan fingerprint density at radius 2 is 1.55 bits per heavy atom. The number of primary amides is 1. The van der Waals surface area contributed by atoms with Gasteiger partial charge in [0, 0.05) is 11.3 Å². The minimum Gasteiger partial charge on any atom is -0.373 e. The van der Waals surface area contributed by atoms with E-state index in [1.165, 1.54) is 6.92 Å². The Hall–Kier alpha value is -2.55. The van der Waals surface area contributed by atoms with E-state index in [-0.39, 0.29) is 24.2 Å². The lowest BCUT2D eigenvalue weighted by atomic mass is 9.59. The maximum absolute atomic E-state index is 13.1. The van der Waals surface area contributed by atoms with Gasteiger partial charge in [-0.05, 0) is 49.1 Å². The number of hydrogen-bond acceptors (Lipinski definition) is 2. The predicted octanol–water partition coefficient (Wildman–Crippen LogP) is 5.64. The largest absolute Gasteiger partial charge is 0.416 e. The van der Waals surface area contributed by atoms with E-state index < -0.39 is 40.9 Å². The molecule has 168 valence electrons. The number of halogens is 6. The lowest BCUT2D eigenvalue weighted by Crippen LogP contribution is -2.49. The van der Waals surface area contributed by atoms with Crippen LogP contribution in [0.15, 0.2) is 48.5 Å². The Bertz CT molecular complexity index is 901. The molecule has 0 aliphatic heterocycles. The number of ether oxygens (including phenoxy) is 1. The van der Waals surface area contributed by atoms with Crippen LogP contribution in [0, 0.1) is 5.92 Å². The molecule has 2 N–H and O–H groups in total. The molecule has 1 amide bonds. The molecular formula is C22H21F6NO2. The number of rotatable bonds is 6. The molecule has 0 unspecified atom stereocenters. The molecule has 2 aromatic carbocycles. The summed E-state index contributed by atoms with van der Waals surface area (Å²) < 4.78 is 84.5. The van der Waals surface area contributed by atoms with Crippen LogP contribution >= 0.6 is 0 Å². The fourth-order valence-electron chi connectivity index (χ4n) is 3.91. The van der Waals surface area contributed by atoms with Crippen LogP contribution in [0.25, 0.3) is 0 Å². The van der Waals surface area contributed by atoms with Gasteiger partial charge in [0.25, 0.3) is 0 Å². The van der Waals surface area contributed by atoms with Crippen LogP contribution < -0.4 is 5.73 Å². The molecule has 1 aliphatic rings. The van der Waals surface area contributed by atoms with E-state index in [2.05, 4.69) is 0 Å². The summed E-state index contributed by atoms with van der Waals surface area (Å²) in [6.07, 6.45) is -10.1. The zero-order chi connectivity index (χ0) is 23.0. The van der Waals surface area contributed by atoms with Gasteiger partial charge in [0.2, 0.25) is 5.91 Å². The first-order valence-electron chi connectivity index (χ1n) is 9.58. The Balaban J connectivity index is 1.85. The number of nitrogens with two attached hydrogens (primary N) is 1. The Morgan fingerprint density at radius 3 is 2.00 bits per heavy atom. The number of amides is 1. The number of alkyl halides is 6. The van der Waals surface area contributed by atoms with Gasteiger partial charge < -0.3 is 10.5 Å². The van der Waals surface area contributed by atoms with Crippen molar-refractivity contribution in [3.8, 4) is 0 Å². The highest BCUT2D eigenvalue weighted by Crippen LogP contribution is 2.48. The van der Waals surface area contributed by atoms with Crippen LogP contribution in [0.3, 0.4) is 0 Å². The molecule has 1 aliphatic carbocycles. The van der Waals surface area contributed by atoms with Gasteiger partial charge in [-0.25, -0.2) is 0 Å². The average molecular weight is 445 g/mol. The molecule has 0 bridgehead atoms. The van der Waals surface area contributed by atoms with E-state index in [1.54, 1.807) is 12.1 Å². The van der Waals surface area contributed by atoms with Crippen molar-refractivity contribution in [2.75, 3.05) is 6.61 Å². The monoisotopic (exact) mass is 445 g/mol. The van der Waals surface area contributed by atoms with Crippen molar-refractivity contribution >= 4 is 5.91 Å². The van der Waals surface area contributed by atoms with Crippen molar-refractivity contribution in [2.45, 2.75) is 43.6 Å². The maximum atomic E-state index is 13.1. The zero-order valence-electron chi connectivity index (χ0n) is 16.6. The predicted molar refractivity (Wildman–Crippen MR) is 101 cm³/mol. The van der Waals surface area contributed by atoms with Crippen molar-refractivity contribution in [1.29, 1.82) is 0 Å². The average Bonchev–Trinajstić information content (AvgIpc) is 2.65. The van der Waals surface area contributed by atoms with Gasteiger partial charge in [0.1, 0.15) is 0 Å². The molecule has 1 saturated carbocycles. The highest BCUT2D eigenvalue weighted by atomic mass is 19.4. The molecule has 31 heavy (non-hydrogen) atoms. The van der Waals surface area contributed by atoms with E-state index in [0.717, 1.165) is 5.56 Å². The number of benzene rings is 2. The van der Waals surface area contributed by atoms with Crippen molar-refractivity contribution in [2.24, 2.45) is 11.7 Å². The summed E-state index contributed by atoms with van der Waals surface area (Å²) in [6.45, 7) is 1.43. The van der Waals surface area contributed by atoms with Crippen LogP contribution in [0.1, 0.15) is 48.1 Å². The van der Waals surface area contributed by atoms with Gasteiger partial charge in [0.15, 0.2) is 0 Å². The van der Waals surface area contributed by atoms with Gasteiger partial charge in [-0.15, -0.1) is 0 Å². The van der Waals surface area contributed by atoms with Crippen molar-refractivity contribution in [3.63, 3.8) is 0 Å². The van der Waals surface area contributed by atoms with E-state index in [4.69, 9.17) is 10.5 Å². The van der Waals surface area contributed by atoms with Gasteiger partial charge >= 0.3 is 12.4 Å². The SMILES string of the molecule is C[C@@H](OCC1(c2ccccc2)CC(C(N)=O)C1)c1cc(C(F)(F)F)cc(C(F)(F)F)c1. The van der Waals surface area contributed by atoms with E-state index >= 15 is 0 Å². The van der Waals surface area contributed by atoms with Crippen LogP contribution in [0.2, 0.25) is 0 Å². The van der Waals surface area contributed by atoms with Gasteiger partial charge in [0.05, 0.1) is 23.8 Å². The highest BCUT2D eigenvalue weighted by Gasteiger charge is 2.48. The first kappa shape index (κ1) is 23.1. The quantitative estimate of drug-likeness (QED) is 0.586. The van der Waals surface area contributed by atoms with Gasteiger partial charge in [-0.2, -0.15) is 26.3 Å². The maximum Gasteiger partial charge on any atom is 0.416 e. The molecule has 0 radical (unpaired) electrons. The van der Waals surface area contributed by atoms with Crippen LogP contribution in [-0.4, -0.2) is 12.5 Å². The van der Waals surface area contributed by atoms with E-state index in [1.807, 2.05) is 18.2 Å². The van der Waals surface area contributed by atoms with Crippen molar-refractivity contribution in [1.82, 2.24) is 0 Å². The first-order valence-corrected chi connectivity index (χ1v) is 9.58. The van der Waals surface area contributed by atoms with Crippen LogP contribution in [0.5, 0.6) is 0 Å². The minimum atomic E-state index is -4.93. The molecule has 3 rings (SSSR count). The molecule has 3 nitrogen and oxygen atoms in total. The Kier molecular flexibility index (Phi) is 6.10. The van der Waals surface area contributed by atoms with Crippen LogP contribution in [-0.2, 0) is 27.3 Å². The third kappa shape index (κ3) is 5.03. The second kappa shape index (κ2) is 8.18. The standard InChI is InChI=1S/C22H21F6NO2/c1-13(14-7-17(21(23,24)25)9-18(8-14)22(26,27)28)31-12-20(10-15(11-20)19(29)30)16-5-3-2-4-6-16/h2-9,13,15H,10-12H2,1H3,(H2,29,30)/t13-,15?,20?/m1/s1. The molecule has 0 aromatic heterocycles. The third-order valence-electron chi connectivity index (χ3n) is 5.75. The number of hydrogen-bond donors (Lipinski definition) is 1. The van der Waals surface area contributed by atoms with Crippen LogP contribution in [0.4, 0.5) is 26.3 Å². The Labute approximate surface area is 175 Å². The molecule has 0 heterocycles. The van der Waals surface area contributed by atoms with Crippen molar-refractivity contribution < 1.29 is 35.9 Å². The summed E-state index contributed by atoms with van der Waals surface area (Å²) in [5.74, 6) is -0.809. The summed E-state index contributed by atoms with van der Waals surface area (Å²) in [6, 6.07) is 10.5. The Morgan fingerprint density at radius 1 is 1.03 bits per heavy atom. The fraction of sp³-hybridized carbons (Fsp3) is 0.409. The lowest BCUT2D eigenvalue weighted by Gasteiger charge is -2.47. The van der Waals surface area contributed by atoms with E-state index in [9.17, 15) is 31.1 Å². The summed E-state index contributed by atoms with van der Waals surface area (Å²) in [7, 11) is 0. The highest BCUT2D eigenvalue weighted by molar-refractivity contribution is 5.78. The van der Waals surface area contributed by atoms with Gasteiger partial charge in [-0.1, -0.05) is 30.3 Å². The normalized spacial score (nSPS) is 22.6. The summed E-state index contributed by atoms with van der Waals surface area (Å²) in [5, 5.41) is 0. The number of carbonyl (C=O) groups excluding carboxylic acids is 1. The molecular weight excluding hydrogens is 424 g/mol. The molecule has 9 heteroatoms. The van der Waals surface area contributed by atoms with Crippen molar-refractivity contribution in [3.05, 3.63) is 70.8 Å². The molecule has 1 atom stereocenters. The molecule has 1 fully saturated rings. The third-order valence-corrected chi connectivity index (χ3v) is 5.75. The summed E-state index contributed by atoms with van der Waals surface area (Å²) in [4.78, 5) is 11.5. The second-order valence-electron chi connectivity index (χ2n) is 7.95. The smallest absolute Gasteiger partial charge is 0.373 e. The molecule has 0 saturated heterocycles. The second-order valence-corrected chi connectivity index (χ2v) is 7.95. The molecule has 2 aromatic rings. The topological polar surface area (TPSA) is 52.3 Å². The fourth-order valence-corrected chi connectivity index (χ4v) is 3.91. The van der Waals surface area contributed by atoms with E-state index in [0.29, 0.717) is 25.0 Å². The molecule has 0 spiro atoms. The summed E-state index contributed by atoms with van der Waals surface area (Å²) >= 11 is 0. The number of carbonyl (C=O) groups is 1. The minimum absolute atomic E-state index is 0.0273. The first-order chi connectivity index (χ1) is 14.3. The lowest BCUT2D eigenvalue weighted by molar-refractivity contribution is -0.143. The van der Waals surface area contributed by atoms with Gasteiger partial charge in [-0.3, -0.25) is 4.79 Å². The zero-order valence-corrected chi connectivity index (χ0v) is 16.6.